The molecule has 6 nitrogen and oxygen atoms in total. The van der Waals surface area contributed by atoms with E-state index < -0.39 is 0 Å². The van der Waals surface area contributed by atoms with Crippen molar-refractivity contribution in [2.45, 2.75) is 38.1 Å². The van der Waals surface area contributed by atoms with Crippen LogP contribution in [0.15, 0.2) is 42.7 Å². The number of aryl methyl sites for hydroxylation is 1. The summed E-state index contributed by atoms with van der Waals surface area (Å²) >= 11 is 0. The predicted molar refractivity (Wildman–Crippen MR) is 107 cm³/mol. The number of nitrogens with zero attached hydrogens (tertiary/aromatic N) is 2. The van der Waals surface area contributed by atoms with Crippen molar-refractivity contribution >= 4 is 11.6 Å². The number of hydrogen-bond donors (Lipinski definition) is 1. The molecule has 1 saturated carbocycles. The lowest BCUT2D eigenvalue weighted by molar-refractivity contribution is -0.121. The third-order valence-corrected chi connectivity index (χ3v) is 5.16. The van der Waals surface area contributed by atoms with Crippen LogP contribution in [0.3, 0.4) is 0 Å². The number of ether oxygens (including phenoxy) is 2. The molecule has 1 atom stereocenters. The van der Waals surface area contributed by atoms with Crippen molar-refractivity contribution in [1.29, 1.82) is 0 Å². The van der Waals surface area contributed by atoms with Gasteiger partial charge in [0.2, 0.25) is 5.91 Å². The highest BCUT2D eigenvalue weighted by Crippen LogP contribution is 2.34. The molecule has 146 valence electrons. The zero-order valence-electron chi connectivity index (χ0n) is 16.4. The van der Waals surface area contributed by atoms with Gasteiger partial charge in [0.15, 0.2) is 0 Å². The molecule has 1 aromatic carbocycles. The lowest BCUT2D eigenvalue weighted by atomic mass is 9.91. The molecule has 3 aromatic rings. The Morgan fingerprint density at radius 3 is 2.57 bits per heavy atom. The maximum absolute atomic E-state index is 12.7. The van der Waals surface area contributed by atoms with Gasteiger partial charge in [-0.05, 0) is 55.2 Å². The van der Waals surface area contributed by atoms with E-state index in [-0.39, 0.29) is 11.8 Å². The average Bonchev–Trinajstić information content (AvgIpc) is 3.42. The molecule has 0 radical (unpaired) electrons. The summed E-state index contributed by atoms with van der Waals surface area (Å²) in [5.74, 6) is 1.29. The number of hydrogen-bond acceptors (Lipinski definition) is 4. The number of carbonyl (C=O) groups is 1. The smallest absolute Gasteiger partial charge is 0.221 e. The molecule has 1 fully saturated rings. The van der Waals surface area contributed by atoms with Gasteiger partial charge in [-0.25, -0.2) is 4.98 Å². The minimum atomic E-state index is -0.166. The molecular weight excluding hydrogens is 354 g/mol. The van der Waals surface area contributed by atoms with Gasteiger partial charge in [-0.15, -0.1) is 0 Å². The van der Waals surface area contributed by atoms with E-state index in [0.29, 0.717) is 24.0 Å². The second kappa shape index (κ2) is 7.54. The van der Waals surface area contributed by atoms with Gasteiger partial charge in [0.1, 0.15) is 17.1 Å². The van der Waals surface area contributed by atoms with Crippen LogP contribution >= 0.6 is 0 Å². The lowest BCUT2D eigenvalue weighted by Gasteiger charge is -2.19. The first-order valence-corrected chi connectivity index (χ1v) is 9.53. The minimum absolute atomic E-state index is 0.0522. The SMILES string of the molecule is COc1cc(OC)cc(C(CC(=O)NC2CC2)c2cnc3cc(C)ccn23)c1. The number of fused-ring (bicyclic) bond motifs is 1. The average molecular weight is 379 g/mol. The van der Waals surface area contributed by atoms with Crippen LogP contribution in [-0.4, -0.2) is 35.6 Å². The number of pyridine rings is 1. The minimum Gasteiger partial charge on any atom is -0.497 e. The monoisotopic (exact) mass is 379 g/mol. The quantitative estimate of drug-likeness (QED) is 0.683. The maximum atomic E-state index is 12.7. The Labute approximate surface area is 164 Å². The van der Waals surface area contributed by atoms with Gasteiger partial charge in [-0.3, -0.25) is 4.79 Å². The third kappa shape index (κ3) is 3.81. The van der Waals surface area contributed by atoms with Crippen LogP contribution in [-0.2, 0) is 4.79 Å². The van der Waals surface area contributed by atoms with Crippen LogP contribution in [0.5, 0.6) is 11.5 Å². The number of rotatable bonds is 7. The maximum Gasteiger partial charge on any atom is 0.221 e. The zero-order chi connectivity index (χ0) is 19.7. The zero-order valence-corrected chi connectivity index (χ0v) is 16.4. The fourth-order valence-corrected chi connectivity index (χ4v) is 3.48. The summed E-state index contributed by atoms with van der Waals surface area (Å²) in [5.41, 5.74) is 3.95. The summed E-state index contributed by atoms with van der Waals surface area (Å²) in [6.45, 7) is 2.04. The largest absolute Gasteiger partial charge is 0.497 e. The predicted octanol–water partition coefficient (Wildman–Crippen LogP) is 3.46. The standard InChI is InChI=1S/C22H25N3O3/c1-14-6-7-25-20(13-23-21(25)8-14)19(12-22(26)24-16-4-5-16)15-9-17(27-2)11-18(10-15)28-3/h6-11,13,16,19H,4-5,12H2,1-3H3,(H,24,26). The normalized spacial score (nSPS) is 14.7. The van der Waals surface area contributed by atoms with E-state index in [4.69, 9.17) is 9.47 Å². The Morgan fingerprint density at radius 1 is 1.21 bits per heavy atom. The van der Waals surface area contributed by atoms with E-state index in [2.05, 4.69) is 10.3 Å². The number of benzene rings is 1. The molecule has 6 heteroatoms. The molecule has 1 aliphatic carbocycles. The summed E-state index contributed by atoms with van der Waals surface area (Å²) < 4.78 is 12.9. The van der Waals surface area contributed by atoms with Crippen molar-refractivity contribution in [3.05, 3.63) is 59.5 Å². The van der Waals surface area contributed by atoms with Gasteiger partial charge < -0.3 is 19.2 Å². The highest BCUT2D eigenvalue weighted by Gasteiger charge is 2.27. The van der Waals surface area contributed by atoms with Crippen molar-refractivity contribution in [2.75, 3.05) is 14.2 Å². The van der Waals surface area contributed by atoms with Crippen molar-refractivity contribution in [2.24, 2.45) is 0 Å². The summed E-state index contributed by atoms with van der Waals surface area (Å²) in [4.78, 5) is 17.2. The highest BCUT2D eigenvalue weighted by atomic mass is 16.5. The summed E-state index contributed by atoms with van der Waals surface area (Å²) in [5, 5.41) is 3.10. The van der Waals surface area contributed by atoms with Gasteiger partial charge in [-0.1, -0.05) is 0 Å². The van der Waals surface area contributed by atoms with Gasteiger partial charge >= 0.3 is 0 Å². The van der Waals surface area contributed by atoms with Gasteiger partial charge in [0.25, 0.3) is 0 Å². The molecule has 0 bridgehead atoms. The third-order valence-electron chi connectivity index (χ3n) is 5.16. The van der Waals surface area contributed by atoms with Crippen molar-refractivity contribution in [3.8, 4) is 11.5 Å². The van der Waals surface area contributed by atoms with Crippen LogP contribution < -0.4 is 14.8 Å². The highest BCUT2D eigenvalue weighted by molar-refractivity contribution is 5.78. The first-order valence-electron chi connectivity index (χ1n) is 9.53. The van der Waals surface area contributed by atoms with Crippen LogP contribution in [0.2, 0.25) is 0 Å². The number of amides is 1. The Bertz CT molecular complexity index is 985. The summed E-state index contributed by atoms with van der Waals surface area (Å²) in [6, 6.07) is 10.2. The number of methoxy groups -OCH3 is 2. The summed E-state index contributed by atoms with van der Waals surface area (Å²) in [7, 11) is 3.26. The molecule has 1 N–H and O–H groups in total. The molecule has 28 heavy (non-hydrogen) atoms. The van der Waals surface area contributed by atoms with E-state index in [0.717, 1.165) is 35.3 Å². The van der Waals surface area contributed by atoms with Crippen LogP contribution in [0.25, 0.3) is 5.65 Å². The van der Waals surface area contributed by atoms with Crippen molar-refractivity contribution in [3.63, 3.8) is 0 Å². The van der Waals surface area contributed by atoms with Crippen molar-refractivity contribution in [1.82, 2.24) is 14.7 Å². The Hall–Kier alpha value is -3.02. The molecule has 0 aliphatic heterocycles. The molecular formula is C22H25N3O3. The molecule has 0 saturated heterocycles. The summed E-state index contributed by atoms with van der Waals surface area (Å²) in [6.07, 6.45) is 6.34. The number of aromatic nitrogens is 2. The fourth-order valence-electron chi connectivity index (χ4n) is 3.48. The Balaban J connectivity index is 1.77. The first-order chi connectivity index (χ1) is 13.6. The van der Waals surface area contributed by atoms with Crippen LogP contribution in [0.1, 0.15) is 42.0 Å². The second-order valence-electron chi connectivity index (χ2n) is 7.36. The lowest BCUT2D eigenvalue weighted by Crippen LogP contribution is -2.27. The first kappa shape index (κ1) is 18.3. The number of carbonyl (C=O) groups excluding carboxylic acids is 1. The van der Waals surface area contributed by atoms with Gasteiger partial charge in [-0.2, -0.15) is 0 Å². The van der Waals surface area contributed by atoms with E-state index in [1.807, 2.05) is 54.0 Å². The number of nitrogens with one attached hydrogen (secondary N) is 1. The molecule has 2 aromatic heterocycles. The van der Waals surface area contributed by atoms with Gasteiger partial charge in [0, 0.05) is 36.8 Å². The molecule has 1 unspecified atom stereocenters. The van der Waals surface area contributed by atoms with E-state index in [1.165, 1.54) is 0 Å². The molecule has 0 spiro atoms. The molecule has 2 heterocycles. The van der Waals surface area contributed by atoms with E-state index in [1.54, 1.807) is 14.2 Å². The van der Waals surface area contributed by atoms with Crippen LogP contribution in [0.4, 0.5) is 0 Å². The Morgan fingerprint density at radius 2 is 1.93 bits per heavy atom. The van der Waals surface area contributed by atoms with Crippen molar-refractivity contribution < 1.29 is 14.3 Å². The molecule has 4 rings (SSSR count). The topological polar surface area (TPSA) is 64.9 Å². The second-order valence-corrected chi connectivity index (χ2v) is 7.36. The number of imidazole rings is 1. The fraction of sp³-hybridized carbons (Fsp3) is 0.364. The van der Waals surface area contributed by atoms with E-state index >= 15 is 0 Å². The van der Waals surface area contributed by atoms with Gasteiger partial charge in [0.05, 0.1) is 19.9 Å². The van der Waals surface area contributed by atoms with Crippen LogP contribution in [0, 0.1) is 6.92 Å². The molecule has 1 amide bonds. The Kier molecular flexibility index (Phi) is 4.94. The van der Waals surface area contributed by atoms with E-state index in [9.17, 15) is 4.79 Å². The molecule has 1 aliphatic rings.